The summed E-state index contributed by atoms with van der Waals surface area (Å²) in [5, 5.41) is 10.8. The van der Waals surface area contributed by atoms with Gasteiger partial charge in [0.1, 0.15) is 23.2 Å². The molecule has 0 saturated carbocycles. The summed E-state index contributed by atoms with van der Waals surface area (Å²) in [5.74, 6) is 1.09. The first kappa shape index (κ1) is 13.4. The molecule has 5 heteroatoms. The Morgan fingerprint density at radius 3 is 2.64 bits per heavy atom. The molecule has 4 rings (SSSR count). The minimum absolute atomic E-state index is 0.152. The van der Waals surface area contributed by atoms with Crippen LogP contribution in [0, 0.1) is 0 Å². The maximum absolute atomic E-state index is 10.8. The SMILES string of the molecule is COc1cc(-n2n3n2C2CC=CC=C23)c(O)c(C(C)(C)C)c1. The standard InChI is InChI=1S/C17H21N3O2/c1-17(2,3)12-9-11(22-4)10-15(16(12)21)20-18-13-7-5-6-8-14(13)19(18)20/h5-7,9-10,14,21H,8H2,1-4H3. The number of nitrogens with zero attached hydrogens (tertiary/aromatic N) is 3. The monoisotopic (exact) mass is 299 g/mol. The average Bonchev–Trinajstić information content (AvgIpc) is 3.12. The molecular formula is C17H21N3O2. The zero-order valence-electron chi connectivity index (χ0n) is 13.4. The molecule has 1 unspecified atom stereocenters. The van der Waals surface area contributed by atoms with Crippen LogP contribution in [0.1, 0.15) is 38.8 Å². The quantitative estimate of drug-likeness (QED) is 0.923. The van der Waals surface area contributed by atoms with Crippen LogP contribution in [-0.4, -0.2) is 26.6 Å². The van der Waals surface area contributed by atoms with E-state index in [1.807, 2.05) is 16.9 Å². The van der Waals surface area contributed by atoms with E-state index in [1.54, 1.807) is 7.11 Å². The van der Waals surface area contributed by atoms with Gasteiger partial charge in [-0.2, -0.15) is 14.4 Å². The molecule has 0 saturated heterocycles. The van der Waals surface area contributed by atoms with Crippen molar-refractivity contribution >= 4 is 5.70 Å². The van der Waals surface area contributed by atoms with Crippen LogP contribution in [-0.2, 0) is 5.41 Å². The zero-order chi connectivity index (χ0) is 15.6. The molecule has 5 nitrogen and oxygen atoms in total. The first-order chi connectivity index (χ1) is 10.4. The number of phenolic OH excluding ortho intramolecular Hbond substituents is 1. The molecule has 1 aliphatic carbocycles. The second kappa shape index (κ2) is 4.12. The number of rotatable bonds is 2. The van der Waals surface area contributed by atoms with Crippen molar-refractivity contribution in [2.45, 2.75) is 38.6 Å². The third kappa shape index (κ3) is 1.65. The smallest absolute Gasteiger partial charge is 0.147 e. The number of fused-ring (bicyclic) bond motifs is 4. The molecule has 1 N–H and O–H groups in total. The molecule has 0 fully saturated rings. The number of aromatic hydroxyl groups is 1. The maximum Gasteiger partial charge on any atom is 0.147 e. The van der Waals surface area contributed by atoms with Crippen molar-refractivity contribution < 1.29 is 9.84 Å². The highest BCUT2D eigenvalue weighted by Gasteiger charge is 2.44. The van der Waals surface area contributed by atoms with Gasteiger partial charge in [-0.3, -0.25) is 0 Å². The highest BCUT2D eigenvalue weighted by molar-refractivity contribution is 5.64. The lowest BCUT2D eigenvalue weighted by Crippen LogP contribution is -2.20. The number of hydrogen-bond donors (Lipinski definition) is 1. The molecule has 0 bridgehead atoms. The normalized spacial score (nSPS) is 19.5. The molecule has 1 aromatic heterocycles. The molecule has 1 aromatic carbocycles. The molecule has 0 amide bonds. The molecule has 2 aliphatic rings. The number of phenols is 1. The van der Waals surface area contributed by atoms with E-state index in [-0.39, 0.29) is 5.41 Å². The predicted octanol–water partition coefficient (Wildman–Crippen LogP) is 3.45. The topological polar surface area (TPSA) is 44.2 Å². The van der Waals surface area contributed by atoms with E-state index in [4.69, 9.17) is 4.74 Å². The number of ether oxygens (including phenoxy) is 1. The van der Waals surface area contributed by atoms with Crippen molar-refractivity contribution in [1.29, 1.82) is 0 Å². The average molecular weight is 299 g/mol. The van der Waals surface area contributed by atoms with Gasteiger partial charge in [-0.1, -0.05) is 32.9 Å². The van der Waals surface area contributed by atoms with Gasteiger partial charge in [0.05, 0.1) is 12.8 Å². The first-order valence-corrected chi connectivity index (χ1v) is 7.61. The lowest BCUT2D eigenvalue weighted by atomic mass is 9.86. The fraction of sp³-hybridized carbons (Fsp3) is 0.412. The second-order valence-corrected chi connectivity index (χ2v) is 6.96. The van der Waals surface area contributed by atoms with E-state index in [1.165, 1.54) is 5.70 Å². The van der Waals surface area contributed by atoms with Gasteiger partial charge in [0.15, 0.2) is 0 Å². The van der Waals surface area contributed by atoms with Crippen LogP contribution in [0.5, 0.6) is 11.5 Å². The molecule has 2 aromatic rings. The van der Waals surface area contributed by atoms with Crippen molar-refractivity contribution in [2.75, 3.05) is 7.11 Å². The van der Waals surface area contributed by atoms with Crippen molar-refractivity contribution in [3.8, 4) is 17.2 Å². The Morgan fingerprint density at radius 1 is 1.23 bits per heavy atom. The van der Waals surface area contributed by atoms with Crippen molar-refractivity contribution in [2.24, 2.45) is 0 Å². The van der Waals surface area contributed by atoms with Crippen LogP contribution >= 0.6 is 0 Å². The van der Waals surface area contributed by atoms with Crippen molar-refractivity contribution in [3.05, 3.63) is 35.9 Å². The van der Waals surface area contributed by atoms with Gasteiger partial charge < -0.3 is 9.84 Å². The van der Waals surface area contributed by atoms with E-state index in [9.17, 15) is 5.11 Å². The second-order valence-electron chi connectivity index (χ2n) is 6.96. The number of allylic oxidation sites excluding steroid dienone is 4. The minimum Gasteiger partial charge on any atom is -0.505 e. The first-order valence-electron chi connectivity index (χ1n) is 7.61. The summed E-state index contributed by atoms with van der Waals surface area (Å²) in [6, 6.07) is 4.21. The van der Waals surface area contributed by atoms with Gasteiger partial charge in [0.2, 0.25) is 0 Å². The van der Waals surface area contributed by atoms with Crippen LogP contribution in [0.2, 0.25) is 0 Å². The molecule has 116 valence electrons. The van der Waals surface area contributed by atoms with E-state index >= 15 is 0 Å². The van der Waals surface area contributed by atoms with Gasteiger partial charge in [-0.05, 0) is 24.0 Å². The van der Waals surface area contributed by atoms with Crippen LogP contribution in [0.4, 0.5) is 0 Å². The summed E-state index contributed by atoms with van der Waals surface area (Å²) in [6.07, 6.45) is 7.40. The lowest BCUT2D eigenvalue weighted by molar-refractivity contribution is 0.404. The van der Waals surface area contributed by atoms with E-state index in [0.717, 1.165) is 23.4 Å². The fourth-order valence-corrected chi connectivity index (χ4v) is 3.24. The summed E-state index contributed by atoms with van der Waals surface area (Å²) in [7, 11) is 1.66. The Labute approximate surface area is 129 Å². The molecule has 1 atom stereocenters. The van der Waals surface area contributed by atoms with Crippen LogP contribution in [0.3, 0.4) is 0 Å². The van der Waals surface area contributed by atoms with Gasteiger partial charge in [0, 0.05) is 11.6 Å². The number of aromatic nitrogens is 3. The summed E-state index contributed by atoms with van der Waals surface area (Å²) in [4.78, 5) is 6.28. The highest BCUT2D eigenvalue weighted by Crippen LogP contribution is 2.47. The lowest BCUT2D eigenvalue weighted by Gasteiger charge is -2.22. The van der Waals surface area contributed by atoms with Gasteiger partial charge in [0.25, 0.3) is 0 Å². The zero-order valence-corrected chi connectivity index (χ0v) is 13.4. The van der Waals surface area contributed by atoms with E-state index in [0.29, 0.717) is 11.8 Å². The number of benzene rings is 1. The summed E-state index contributed by atoms with van der Waals surface area (Å²) in [5.41, 5.74) is 2.80. The van der Waals surface area contributed by atoms with Gasteiger partial charge in [-0.15, -0.1) is 0 Å². The minimum atomic E-state index is -0.152. The van der Waals surface area contributed by atoms with Gasteiger partial charge in [-0.25, -0.2) is 0 Å². The third-order valence-electron chi connectivity index (χ3n) is 4.47. The van der Waals surface area contributed by atoms with Crippen molar-refractivity contribution in [1.82, 2.24) is 14.4 Å². The molecule has 0 radical (unpaired) electrons. The summed E-state index contributed by atoms with van der Waals surface area (Å²) in [6.45, 7) is 6.28. The Balaban J connectivity index is 1.84. The molecule has 22 heavy (non-hydrogen) atoms. The summed E-state index contributed by atoms with van der Waals surface area (Å²) >= 11 is 0. The Bertz CT molecular complexity index is 808. The summed E-state index contributed by atoms with van der Waals surface area (Å²) < 4.78 is 5.43. The van der Waals surface area contributed by atoms with E-state index < -0.39 is 0 Å². The number of hydrogen-bond acceptors (Lipinski definition) is 2. The van der Waals surface area contributed by atoms with Crippen molar-refractivity contribution in [3.63, 3.8) is 0 Å². The van der Waals surface area contributed by atoms with Crippen LogP contribution < -0.4 is 4.74 Å². The molecular weight excluding hydrogens is 278 g/mol. The molecule has 0 spiro atoms. The Morgan fingerprint density at radius 2 is 2.00 bits per heavy atom. The largest absolute Gasteiger partial charge is 0.505 e. The Hall–Kier alpha value is -2.30. The van der Waals surface area contributed by atoms with E-state index in [2.05, 4.69) is 48.6 Å². The van der Waals surface area contributed by atoms with Crippen LogP contribution in [0.15, 0.2) is 30.4 Å². The van der Waals surface area contributed by atoms with Gasteiger partial charge >= 0.3 is 0 Å². The highest BCUT2D eigenvalue weighted by atomic mass is 16.5. The number of methoxy groups -OCH3 is 1. The third-order valence-corrected chi connectivity index (χ3v) is 4.47. The predicted molar refractivity (Wildman–Crippen MR) is 85.7 cm³/mol. The Kier molecular flexibility index (Phi) is 2.50. The molecule has 2 heterocycles. The molecule has 1 aliphatic heterocycles. The van der Waals surface area contributed by atoms with Crippen LogP contribution in [0.25, 0.3) is 11.4 Å². The maximum atomic E-state index is 10.8. The fourth-order valence-electron chi connectivity index (χ4n) is 3.24.